The molecule has 0 saturated carbocycles. The highest BCUT2D eigenvalue weighted by atomic mass is 35.7. The van der Waals surface area contributed by atoms with Crippen LogP contribution in [0, 0.1) is 0 Å². The zero-order valence-electron chi connectivity index (χ0n) is 7.68. The van der Waals surface area contributed by atoms with Gasteiger partial charge in [-0.3, -0.25) is 0 Å². The molecular formula is C9H11ClO3S. The van der Waals surface area contributed by atoms with Crippen LogP contribution < -0.4 is 0 Å². The molecule has 0 unspecified atom stereocenters. The maximum atomic E-state index is 10.9. The molecule has 0 heterocycles. The van der Waals surface area contributed by atoms with Gasteiger partial charge in [-0.1, -0.05) is 30.3 Å². The predicted octanol–water partition coefficient (Wildman–Crippen LogP) is 1.94. The highest BCUT2D eigenvalue weighted by Gasteiger charge is 2.17. The number of hydrogen-bond donors (Lipinski definition) is 0. The largest absolute Gasteiger partial charge is 0.376 e. The summed E-state index contributed by atoms with van der Waals surface area (Å²) in [6.07, 6.45) is -0.501. The Morgan fingerprint density at radius 3 is 2.36 bits per heavy atom. The molecule has 0 bridgehead atoms. The van der Waals surface area contributed by atoms with Crippen molar-refractivity contribution < 1.29 is 13.2 Å². The maximum Gasteiger partial charge on any atom is 0.235 e. The van der Waals surface area contributed by atoms with Gasteiger partial charge in [-0.2, -0.15) is 0 Å². The van der Waals surface area contributed by atoms with E-state index in [9.17, 15) is 8.42 Å². The Morgan fingerprint density at radius 1 is 1.36 bits per heavy atom. The van der Waals surface area contributed by atoms with E-state index in [1.165, 1.54) is 7.11 Å². The number of hydrogen-bond acceptors (Lipinski definition) is 3. The second-order valence-electron chi connectivity index (χ2n) is 2.84. The van der Waals surface area contributed by atoms with Crippen LogP contribution in [0.1, 0.15) is 11.7 Å². The van der Waals surface area contributed by atoms with E-state index in [4.69, 9.17) is 15.4 Å². The van der Waals surface area contributed by atoms with Crippen LogP contribution in [0.2, 0.25) is 0 Å². The molecule has 1 atom stereocenters. The number of methoxy groups -OCH3 is 1. The zero-order chi connectivity index (χ0) is 10.6. The molecule has 3 nitrogen and oxygen atoms in total. The van der Waals surface area contributed by atoms with Crippen LogP contribution in [0.3, 0.4) is 0 Å². The second-order valence-corrected chi connectivity index (χ2v) is 5.66. The average molecular weight is 235 g/mol. The molecule has 1 aromatic carbocycles. The van der Waals surface area contributed by atoms with Crippen molar-refractivity contribution in [3.05, 3.63) is 35.9 Å². The molecule has 0 fully saturated rings. The highest BCUT2D eigenvalue weighted by molar-refractivity contribution is 8.13. The number of benzene rings is 1. The normalized spacial score (nSPS) is 13.9. The van der Waals surface area contributed by atoms with E-state index in [0.717, 1.165) is 5.56 Å². The van der Waals surface area contributed by atoms with Gasteiger partial charge in [-0.15, -0.1) is 0 Å². The Morgan fingerprint density at radius 2 is 1.93 bits per heavy atom. The molecule has 78 valence electrons. The molecule has 0 aliphatic carbocycles. The first-order chi connectivity index (χ1) is 6.53. The van der Waals surface area contributed by atoms with Gasteiger partial charge in [0.05, 0.1) is 11.9 Å². The fourth-order valence-corrected chi connectivity index (χ4v) is 2.18. The fourth-order valence-electron chi connectivity index (χ4n) is 1.15. The van der Waals surface area contributed by atoms with Crippen LogP contribution in [0.25, 0.3) is 0 Å². The number of ether oxygens (including phenoxy) is 1. The van der Waals surface area contributed by atoms with Crippen molar-refractivity contribution in [2.45, 2.75) is 6.10 Å². The summed E-state index contributed by atoms with van der Waals surface area (Å²) < 4.78 is 26.8. The average Bonchev–Trinajstić information content (AvgIpc) is 2.14. The number of rotatable bonds is 4. The molecule has 0 aromatic heterocycles. The van der Waals surface area contributed by atoms with Gasteiger partial charge >= 0.3 is 0 Å². The Kier molecular flexibility index (Phi) is 3.92. The van der Waals surface area contributed by atoms with Crippen molar-refractivity contribution in [1.29, 1.82) is 0 Å². The topological polar surface area (TPSA) is 43.4 Å². The van der Waals surface area contributed by atoms with Gasteiger partial charge in [0, 0.05) is 17.8 Å². The first-order valence-corrected chi connectivity index (χ1v) is 6.51. The van der Waals surface area contributed by atoms with E-state index >= 15 is 0 Å². The van der Waals surface area contributed by atoms with E-state index in [1.807, 2.05) is 18.2 Å². The summed E-state index contributed by atoms with van der Waals surface area (Å²) in [5.41, 5.74) is 0.805. The summed E-state index contributed by atoms with van der Waals surface area (Å²) in [6.45, 7) is 0. The van der Waals surface area contributed by atoms with Crippen molar-refractivity contribution in [2.75, 3.05) is 12.9 Å². The third-order valence-corrected chi connectivity index (χ3v) is 2.89. The zero-order valence-corrected chi connectivity index (χ0v) is 9.25. The Hall–Kier alpha value is -0.580. The van der Waals surface area contributed by atoms with Crippen LogP contribution in [0.15, 0.2) is 30.3 Å². The lowest BCUT2D eigenvalue weighted by atomic mass is 10.1. The van der Waals surface area contributed by atoms with Gasteiger partial charge in [0.15, 0.2) is 0 Å². The monoisotopic (exact) mass is 234 g/mol. The van der Waals surface area contributed by atoms with Crippen molar-refractivity contribution in [2.24, 2.45) is 0 Å². The Bertz CT molecular complexity index is 374. The lowest BCUT2D eigenvalue weighted by Gasteiger charge is -2.13. The van der Waals surface area contributed by atoms with Crippen LogP contribution in [-0.4, -0.2) is 21.3 Å². The summed E-state index contributed by atoms with van der Waals surface area (Å²) >= 11 is 0. The summed E-state index contributed by atoms with van der Waals surface area (Å²) in [7, 11) is 3.07. The minimum atomic E-state index is -3.54. The van der Waals surface area contributed by atoms with E-state index in [2.05, 4.69) is 0 Å². The number of halogens is 1. The molecule has 0 aliphatic rings. The van der Waals surface area contributed by atoms with E-state index in [-0.39, 0.29) is 5.75 Å². The molecule has 5 heteroatoms. The first-order valence-electron chi connectivity index (χ1n) is 4.03. The SMILES string of the molecule is CO[C@H](CS(=O)(=O)Cl)c1ccccc1. The summed E-state index contributed by atoms with van der Waals surface area (Å²) in [6, 6.07) is 9.10. The van der Waals surface area contributed by atoms with Crippen LogP contribution in [0.5, 0.6) is 0 Å². The molecule has 0 amide bonds. The quantitative estimate of drug-likeness (QED) is 0.748. The molecule has 0 aliphatic heterocycles. The lowest BCUT2D eigenvalue weighted by Crippen LogP contribution is -2.11. The van der Waals surface area contributed by atoms with Crippen LogP contribution >= 0.6 is 10.7 Å². The molecule has 0 radical (unpaired) electrons. The van der Waals surface area contributed by atoms with Gasteiger partial charge < -0.3 is 4.74 Å². The Labute approximate surface area is 88.1 Å². The maximum absolute atomic E-state index is 10.9. The van der Waals surface area contributed by atoms with Gasteiger partial charge in [0.1, 0.15) is 0 Å². The summed E-state index contributed by atoms with van der Waals surface area (Å²) in [5, 5.41) is 0. The molecule has 0 spiro atoms. The van der Waals surface area contributed by atoms with Gasteiger partial charge in [-0.25, -0.2) is 8.42 Å². The molecule has 1 aromatic rings. The van der Waals surface area contributed by atoms with E-state index < -0.39 is 15.2 Å². The van der Waals surface area contributed by atoms with Crippen molar-refractivity contribution in [3.63, 3.8) is 0 Å². The van der Waals surface area contributed by atoms with Gasteiger partial charge in [0.2, 0.25) is 9.05 Å². The Balaban J connectivity index is 2.84. The van der Waals surface area contributed by atoms with E-state index in [1.54, 1.807) is 12.1 Å². The van der Waals surface area contributed by atoms with Crippen molar-refractivity contribution in [1.82, 2.24) is 0 Å². The smallest absolute Gasteiger partial charge is 0.235 e. The minimum Gasteiger partial charge on any atom is -0.376 e. The molecular weight excluding hydrogens is 224 g/mol. The molecule has 1 rings (SSSR count). The van der Waals surface area contributed by atoms with Crippen molar-refractivity contribution >= 4 is 19.7 Å². The second kappa shape index (κ2) is 4.77. The molecule has 14 heavy (non-hydrogen) atoms. The molecule has 0 N–H and O–H groups in total. The summed E-state index contributed by atoms with van der Waals surface area (Å²) in [5.74, 6) is -0.213. The third kappa shape index (κ3) is 3.65. The first kappa shape index (κ1) is 11.5. The third-order valence-electron chi connectivity index (χ3n) is 1.81. The summed E-state index contributed by atoms with van der Waals surface area (Å²) in [4.78, 5) is 0. The molecule has 0 saturated heterocycles. The minimum absolute atomic E-state index is 0.213. The fraction of sp³-hybridized carbons (Fsp3) is 0.333. The predicted molar refractivity (Wildman–Crippen MR) is 55.8 cm³/mol. The van der Waals surface area contributed by atoms with Crippen LogP contribution in [-0.2, 0) is 13.8 Å². The standard InChI is InChI=1S/C9H11ClO3S/c1-13-9(7-14(10,11)12)8-5-3-2-4-6-8/h2-6,9H,7H2,1H3/t9-/m1/s1. The lowest BCUT2D eigenvalue weighted by molar-refractivity contribution is 0.122. The van der Waals surface area contributed by atoms with E-state index in [0.29, 0.717) is 0 Å². The van der Waals surface area contributed by atoms with Crippen LogP contribution in [0.4, 0.5) is 0 Å². The van der Waals surface area contributed by atoms with Gasteiger partial charge in [-0.05, 0) is 5.56 Å². The highest BCUT2D eigenvalue weighted by Crippen LogP contribution is 2.19. The van der Waals surface area contributed by atoms with Crippen molar-refractivity contribution in [3.8, 4) is 0 Å². The van der Waals surface area contributed by atoms with Gasteiger partial charge in [0.25, 0.3) is 0 Å².